The predicted molar refractivity (Wildman–Crippen MR) is 82.1 cm³/mol. The number of nitrogens with zero attached hydrogens (tertiary/aromatic N) is 5. The van der Waals surface area contributed by atoms with Crippen LogP contribution in [0.2, 0.25) is 5.02 Å². The molecule has 0 fully saturated rings. The van der Waals surface area contributed by atoms with E-state index in [-0.39, 0.29) is 22.3 Å². The number of anilines is 1. The normalized spacial score (nSPS) is 10.6. The standard InChI is InChI=1S/C13H17ClN6O2/c1-7-9(11(17-20(7)5)13(22)18(2)3)15-12(21)10-8(14)6-19(4)16-10/h6H,1-5H3,(H,15,21). The number of rotatable bonds is 3. The Hall–Kier alpha value is -2.35. The fourth-order valence-electron chi connectivity index (χ4n) is 1.91. The molecule has 8 nitrogen and oxygen atoms in total. The molecule has 0 spiro atoms. The molecule has 0 aliphatic heterocycles. The molecule has 118 valence electrons. The first-order valence-electron chi connectivity index (χ1n) is 6.48. The zero-order valence-corrected chi connectivity index (χ0v) is 13.8. The summed E-state index contributed by atoms with van der Waals surface area (Å²) < 4.78 is 2.98. The SMILES string of the molecule is Cc1c(NC(=O)c2nn(C)cc2Cl)c(C(=O)N(C)C)nn1C. The highest BCUT2D eigenvalue weighted by molar-refractivity contribution is 6.34. The number of hydrogen-bond acceptors (Lipinski definition) is 4. The van der Waals surface area contributed by atoms with Crippen molar-refractivity contribution in [1.82, 2.24) is 24.5 Å². The van der Waals surface area contributed by atoms with Crippen molar-refractivity contribution in [1.29, 1.82) is 0 Å². The first-order valence-corrected chi connectivity index (χ1v) is 6.86. The summed E-state index contributed by atoms with van der Waals surface area (Å²) in [5.74, 6) is -0.791. The maximum Gasteiger partial charge on any atom is 0.277 e. The second-order valence-corrected chi connectivity index (χ2v) is 5.49. The summed E-state index contributed by atoms with van der Waals surface area (Å²) in [5.41, 5.74) is 1.28. The largest absolute Gasteiger partial charge is 0.343 e. The van der Waals surface area contributed by atoms with Crippen LogP contribution in [0.5, 0.6) is 0 Å². The van der Waals surface area contributed by atoms with E-state index < -0.39 is 5.91 Å². The number of nitrogens with one attached hydrogen (secondary N) is 1. The van der Waals surface area contributed by atoms with Crippen LogP contribution in [0.3, 0.4) is 0 Å². The molecule has 0 saturated carbocycles. The Morgan fingerprint density at radius 1 is 1.23 bits per heavy atom. The molecule has 2 aromatic heterocycles. The molecule has 0 aliphatic rings. The fourth-order valence-corrected chi connectivity index (χ4v) is 2.17. The van der Waals surface area contributed by atoms with Crippen molar-refractivity contribution in [3.05, 3.63) is 28.3 Å². The van der Waals surface area contributed by atoms with Crippen LogP contribution < -0.4 is 5.32 Å². The molecule has 2 aromatic rings. The van der Waals surface area contributed by atoms with E-state index in [0.29, 0.717) is 11.4 Å². The molecule has 1 N–H and O–H groups in total. The summed E-state index contributed by atoms with van der Waals surface area (Å²) in [6, 6.07) is 0. The molecular formula is C13H17ClN6O2. The fraction of sp³-hybridized carbons (Fsp3) is 0.385. The molecular weight excluding hydrogens is 308 g/mol. The Balaban J connectivity index is 2.39. The number of amides is 2. The molecule has 9 heteroatoms. The second-order valence-electron chi connectivity index (χ2n) is 5.09. The minimum atomic E-state index is -0.491. The highest BCUT2D eigenvalue weighted by Gasteiger charge is 2.24. The van der Waals surface area contributed by atoms with Crippen molar-refractivity contribution < 1.29 is 9.59 Å². The van der Waals surface area contributed by atoms with E-state index in [0.717, 1.165) is 0 Å². The lowest BCUT2D eigenvalue weighted by Gasteiger charge is -2.10. The third-order valence-corrected chi connectivity index (χ3v) is 3.46. The Morgan fingerprint density at radius 3 is 2.36 bits per heavy atom. The van der Waals surface area contributed by atoms with Gasteiger partial charge in [-0.25, -0.2) is 0 Å². The van der Waals surface area contributed by atoms with E-state index in [1.165, 1.54) is 20.5 Å². The maximum absolute atomic E-state index is 12.3. The van der Waals surface area contributed by atoms with Gasteiger partial charge in [0.1, 0.15) is 0 Å². The quantitative estimate of drug-likeness (QED) is 0.915. The van der Waals surface area contributed by atoms with E-state index in [9.17, 15) is 9.59 Å². The van der Waals surface area contributed by atoms with Crippen LogP contribution in [0.1, 0.15) is 26.7 Å². The zero-order chi connectivity index (χ0) is 16.6. The summed E-state index contributed by atoms with van der Waals surface area (Å²) >= 11 is 5.96. The van der Waals surface area contributed by atoms with Gasteiger partial charge in [0.2, 0.25) is 0 Å². The van der Waals surface area contributed by atoms with E-state index in [1.54, 1.807) is 35.1 Å². The summed E-state index contributed by atoms with van der Waals surface area (Å²) in [6.45, 7) is 1.76. The average Bonchev–Trinajstić information content (AvgIpc) is 2.91. The molecule has 2 rings (SSSR count). The molecule has 0 saturated heterocycles. The lowest BCUT2D eigenvalue weighted by atomic mass is 10.2. The van der Waals surface area contributed by atoms with Gasteiger partial charge in [0, 0.05) is 34.4 Å². The molecule has 0 unspecified atom stereocenters. The highest BCUT2D eigenvalue weighted by Crippen LogP contribution is 2.22. The van der Waals surface area contributed by atoms with Crippen LogP contribution in [-0.4, -0.2) is 50.4 Å². The Bertz CT molecular complexity index is 746. The topological polar surface area (TPSA) is 85.1 Å². The van der Waals surface area contributed by atoms with Crippen LogP contribution in [0, 0.1) is 6.92 Å². The third-order valence-electron chi connectivity index (χ3n) is 3.18. The number of carbonyl (C=O) groups excluding carboxylic acids is 2. The molecule has 2 heterocycles. The summed E-state index contributed by atoms with van der Waals surface area (Å²) in [7, 11) is 6.60. The number of aryl methyl sites for hydroxylation is 2. The smallest absolute Gasteiger partial charge is 0.277 e. The van der Waals surface area contributed by atoms with E-state index >= 15 is 0 Å². The van der Waals surface area contributed by atoms with Crippen molar-refractivity contribution in [2.24, 2.45) is 14.1 Å². The predicted octanol–water partition coefficient (Wildman–Crippen LogP) is 1.07. The van der Waals surface area contributed by atoms with Gasteiger partial charge in [-0.2, -0.15) is 10.2 Å². The van der Waals surface area contributed by atoms with Crippen LogP contribution in [-0.2, 0) is 14.1 Å². The van der Waals surface area contributed by atoms with Crippen molar-refractivity contribution in [2.75, 3.05) is 19.4 Å². The van der Waals surface area contributed by atoms with Crippen molar-refractivity contribution in [2.45, 2.75) is 6.92 Å². The molecule has 22 heavy (non-hydrogen) atoms. The van der Waals surface area contributed by atoms with Gasteiger partial charge >= 0.3 is 0 Å². The monoisotopic (exact) mass is 324 g/mol. The van der Waals surface area contributed by atoms with Gasteiger partial charge in [-0.15, -0.1) is 0 Å². The van der Waals surface area contributed by atoms with Gasteiger partial charge in [-0.05, 0) is 6.92 Å². The highest BCUT2D eigenvalue weighted by atomic mass is 35.5. The van der Waals surface area contributed by atoms with Crippen LogP contribution in [0.4, 0.5) is 5.69 Å². The Labute approximate surface area is 132 Å². The van der Waals surface area contributed by atoms with Crippen molar-refractivity contribution in [3.63, 3.8) is 0 Å². The number of carbonyl (C=O) groups is 2. The third kappa shape index (κ3) is 2.82. The minimum absolute atomic E-state index is 0.0932. The summed E-state index contributed by atoms with van der Waals surface area (Å²) in [6.07, 6.45) is 1.53. The number of hydrogen-bond donors (Lipinski definition) is 1. The van der Waals surface area contributed by atoms with Crippen molar-refractivity contribution in [3.8, 4) is 0 Å². The Kier molecular flexibility index (Phi) is 4.23. The van der Waals surface area contributed by atoms with Gasteiger partial charge in [0.25, 0.3) is 11.8 Å². The zero-order valence-electron chi connectivity index (χ0n) is 13.0. The number of aromatic nitrogens is 4. The first-order chi connectivity index (χ1) is 10.2. The molecule has 0 bridgehead atoms. The van der Waals surface area contributed by atoms with Gasteiger partial charge in [-0.3, -0.25) is 19.0 Å². The van der Waals surface area contributed by atoms with Gasteiger partial charge in [-0.1, -0.05) is 11.6 Å². The number of halogens is 1. The molecule has 2 amide bonds. The first kappa shape index (κ1) is 16.0. The Morgan fingerprint density at radius 2 is 1.86 bits per heavy atom. The molecule has 0 aliphatic carbocycles. The van der Waals surface area contributed by atoms with Crippen LogP contribution >= 0.6 is 11.6 Å². The van der Waals surface area contributed by atoms with Crippen LogP contribution in [0.15, 0.2) is 6.20 Å². The van der Waals surface area contributed by atoms with Crippen LogP contribution in [0.25, 0.3) is 0 Å². The second kappa shape index (κ2) is 5.80. The minimum Gasteiger partial charge on any atom is -0.343 e. The van der Waals surface area contributed by atoms with E-state index in [1.807, 2.05) is 0 Å². The maximum atomic E-state index is 12.3. The lowest BCUT2D eigenvalue weighted by Crippen LogP contribution is -2.24. The van der Waals surface area contributed by atoms with E-state index in [4.69, 9.17) is 11.6 Å². The molecule has 0 radical (unpaired) electrons. The van der Waals surface area contributed by atoms with E-state index in [2.05, 4.69) is 15.5 Å². The van der Waals surface area contributed by atoms with Gasteiger partial charge < -0.3 is 10.2 Å². The van der Waals surface area contributed by atoms with Gasteiger partial charge in [0.05, 0.1) is 16.4 Å². The van der Waals surface area contributed by atoms with Crippen molar-refractivity contribution >= 4 is 29.1 Å². The molecule has 0 aromatic carbocycles. The average molecular weight is 325 g/mol. The summed E-state index contributed by atoms with van der Waals surface area (Å²) in [4.78, 5) is 25.9. The summed E-state index contributed by atoms with van der Waals surface area (Å²) in [5, 5.41) is 11.1. The lowest BCUT2D eigenvalue weighted by molar-refractivity contribution is 0.0822. The molecule has 0 atom stereocenters. The van der Waals surface area contributed by atoms with Gasteiger partial charge in [0.15, 0.2) is 11.4 Å².